The van der Waals surface area contributed by atoms with Crippen LogP contribution < -0.4 is 11.3 Å². The van der Waals surface area contributed by atoms with Crippen LogP contribution in [0.15, 0.2) is 24.3 Å². The summed E-state index contributed by atoms with van der Waals surface area (Å²) in [5, 5.41) is 0. The number of hydrogen-bond donors (Lipinski definition) is 2. The van der Waals surface area contributed by atoms with Gasteiger partial charge < -0.3 is 9.64 Å². The van der Waals surface area contributed by atoms with Crippen LogP contribution in [0.1, 0.15) is 29.8 Å². The monoisotopic (exact) mass is 265 g/mol. The van der Waals surface area contributed by atoms with E-state index in [0.29, 0.717) is 18.8 Å². The van der Waals surface area contributed by atoms with E-state index in [9.17, 15) is 4.79 Å². The number of nitrogen functional groups attached to an aromatic ring is 1. The van der Waals surface area contributed by atoms with E-state index < -0.39 is 0 Å². The molecule has 19 heavy (non-hydrogen) atoms. The number of amides is 1. The van der Waals surface area contributed by atoms with E-state index in [1.165, 1.54) is 0 Å². The van der Waals surface area contributed by atoms with Gasteiger partial charge in [0.1, 0.15) is 0 Å². The van der Waals surface area contributed by atoms with Crippen molar-refractivity contribution < 1.29 is 9.53 Å². The number of nitrogens with zero attached hydrogens (tertiary/aromatic N) is 1. The number of rotatable bonds is 8. The predicted molar refractivity (Wildman–Crippen MR) is 75.5 cm³/mol. The smallest absolute Gasteiger partial charge is 0.265 e. The Labute approximate surface area is 114 Å². The summed E-state index contributed by atoms with van der Waals surface area (Å²) in [6.07, 6.45) is 0. The third-order valence-corrected chi connectivity index (χ3v) is 3.06. The van der Waals surface area contributed by atoms with E-state index in [1.807, 2.05) is 12.1 Å². The number of ether oxygens (including phenoxy) is 1. The number of carbonyl (C=O) groups is 1. The first-order valence-corrected chi connectivity index (χ1v) is 6.61. The van der Waals surface area contributed by atoms with Crippen molar-refractivity contribution in [2.45, 2.75) is 20.5 Å². The van der Waals surface area contributed by atoms with Crippen LogP contribution in [0.3, 0.4) is 0 Å². The molecule has 1 amide bonds. The summed E-state index contributed by atoms with van der Waals surface area (Å²) >= 11 is 0. The van der Waals surface area contributed by atoms with Crippen LogP contribution in [0.4, 0.5) is 0 Å². The van der Waals surface area contributed by atoms with Gasteiger partial charge >= 0.3 is 0 Å². The van der Waals surface area contributed by atoms with Gasteiger partial charge in [0.2, 0.25) is 0 Å². The molecule has 0 saturated heterocycles. The number of likely N-dealkylation sites (N-methyl/N-ethyl adjacent to an activating group) is 1. The van der Waals surface area contributed by atoms with Crippen LogP contribution in [0.5, 0.6) is 0 Å². The summed E-state index contributed by atoms with van der Waals surface area (Å²) in [4.78, 5) is 13.6. The van der Waals surface area contributed by atoms with Crippen LogP contribution in [0.25, 0.3) is 0 Å². The molecule has 0 radical (unpaired) electrons. The SMILES string of the molecule is CCN(CC)CCOCc1ccc(C(=O)NN)cc1. The number of nitrogens with one attached hydrogen (secondary N) is 1. The highest BCUT2D eigenvalue weighted by atomic mass is 16.5. The Kier molecular flexibility index (Phi) is 7.10. The summed E-state index contributed by atoms with van der Waals surface area (Å²) < 4.78 is 5.61. The third-order valence-electron chi connectivity index (χ3n) is 3.06. The zero-order valence-corrected chi connectivity index (χ0v) is 11.7. The molecule has 5 nitrogen and oxygen atoms in total. The Bertz CT molecular complexity index is 375. The second kappa shape index (κ2) is 8.63. The molecule has 0 fully saturated rings. The Morgan fingerprint density at radius 2 is 1.89 bits per heavy atom. The average molecular weight is 265 g/mol. The number of hydrogen-bond acceptors (Lipinski definition) is 4. The Morgan fingerprint density at radius 3 is 2.42 bits per heavy atom. The number of nitrogens with two attached hydrogens (primary N) is 1. The molecule has 0 bridgehead atoms. The van der Waals surface area contributed by atoms with Gasteiger partial charge in [-0.2, -0.15) is 0 Å². The lowest BCUT2D eigenvalue weighted by molar-refractivity contribution is 0.0945. The molecular weight excluding hydrogens is 242 g/mol. The molecule has 0 aromatic heterocycles. The molecule has 106 valence electrons. The Morgan fingerprint density at radius 1 is 1.26 bits per heavy atom. The first-order valence-electron chi connectivity index (χ1n) is 6.61. The first kappa shape index (κ1) is 15.6. The molecule has 1 aromatic rings. The maximum absolute atomic E-state index is 11.3. The second-order valence-electron chi connectivity index (χ2n) is 4.25. The fourth-order valence-electron chi connectivity index (χ4n) is 1.76. The summed E-state index contributed by atoms with van der Waals surface area (Å²) in [6.45, 7) is 8.60. The molecule has 1 rings (SSSR count). The molecule has 0 heterocycles. The molecule has 5 heteroatoms. The van der Waals surface area contributed by atoms with Crippen molar-refractivity contribution in [1.82, 2.24) is 10.3 Å². The van der Waals surface area contributed by atoms with Gasteiger partial charge in [0.15, 0.2) is 0 Å². The lowest BCUT2D eigenvalue weighted by atomic mass is 10.1. The van der Waals surface area contributed by atoms with E-state index in [1.54, 1.807) is 12.1 Å². The number of benzene rings is 1. The van der Waals surface area contributed by atoms with Gasteiger partial charge in [0, 0.05) is 12.1 Å². The van der Waals surface area contributed by atoms with Crippen LogP contribution in [0.2, 0.25) is 0 Å². The molecule has 0 saturated carbocycles. The van der Waals surface area contributed by atoms with Crippen molar-refractivity contribution in [1.29, 1.82) is 0 Å². The van der Waals surface area contributed by atoms with Gasteiger partial charge in [0.25, 0.3) is 5.91 Å². The van der Waals surface area contributed by atoms with Crippen molar-refractivity contribution in [3.63, 3.8) is 0 Å². The summed E-state index contributed by atoms with van der Waals surface area (Å²) in [7, 11) is 0. The molecule has 0 atom stereocenters. The average Bonchev–Trinajstić information content (AvgIpc) is 2.47. The van der Waals surface area contributed by atoms with Gasteiger partial charge in [-0.15, -0.1) is 0 Å². The normalized spacial score (nSPS) is 10.7. The molecular formula is C14H23N3O2. The standard InChI is InChI=1S/C14H23N3O2/c1-3-17(4-2)9-10-19-11-12-5-7-13(8-6-12)14(18)16-15/h5-8H,3-4,9-11,15H2,1-2H3,(H,16,18). The van der Waals surface area contributed by atoms with Gasteiger partial charge in [-0.05, 0) is 30.8 Å². The lowest BCUT2D eigenvalue weighted by Gasteiger charge is -2.17. The quantitative estimate of drug-likeness (QED) is 0.320. The fraction of sp³-hybridized carbons (Fsp3) is 0.500. The minimum atomic E-state index is -0.283. The first-order chi connectivity index (χ1) is 9.21. The third kappa shape index (κ3) is 5.38. The molecule has 0 unspecified atom stereocenters. The van der Waals surface area contributed by atoms with Gasteiger partial charge in [0.05, 0.1) is 13.2 Å². The highest BCUT2D eigenvalue weighted by molar-refractivity contribution is 5.93. The van der Waals surface area contributed by atoms with Crippen molar-refractivity contribution in [2.75, 3.05) is 26.2 Å². The van der Waals surface area contributed by atoms with Gasteiger partial charge in [-0.25, -0.2) is 5.84 Å². The largest absolute Gasteiger partial charge is 0.375 e. The fourth-order valence-corrected chi connectivity index (χ4v) is 1.76. The van der Waals surface area contributed by atoms with Crippen LogP contribution in [0, 0.1) is 0 Å². The maximum Gasteiger partial charge on any atom is 0.265 e. The van der Waals surface area contributed by atoms with Crippen LogP contribution in [-0.4, -0.2) is 37.0 Å². The molecule has 0 spiro atoms. The second-order valence-corrected chi connectivity index (χ2v) is 4.25. The van der Waals surface area contributed by atoms with Crippen molar-refractivity contribution in [3.05, 3.63) is 35.4 Å². The number of hydrazine groups is 1. The molecule has 0 aliphatic carbocycles. The highest BCUT2D eigenvalue weighted by Crippen LogP contribution is 2.05. The topological polar surface area (TPSA) is 67.6 Å². The van der Waals surface area contributed by atoms with Crippen LogP contribution >= 0.6 is 0 Å². The van der Waals surface area contributed by atoms with Crippen molar-refractivity contribution in [3.8, 4) is 0 Å². The summed E-state index contributed by atoms with van der Waals surface area (Å²) in [6, 6.07) is 7.24. The molecule has 0 aliphatic rings. The Hall–Kier alpha value is -1.43. The zero-order chi connectivity index (χ0) is 14.1. The molecule has 0 aliphatic heterocycles. The lowest BCUT2D eigenvalue weighted by Crippen LogP contribution is -2.29. The minimum absolute atomic E-state index is 0.283. The van der Waals surface area contributed by atoms with Gasteiger partial charge in [-0.3, -0.25) is 10.2 Å². The summed E-state index contributed by atoms with van der Waals surface area (Å²) in [5.74, 6) is 4.78. The van der Waals surface area contributed by atoms with E-state index in [2.05, 4.69) is 24.2 Å². The van der Waals surface area contributed by atoms with Crippen LogP contribution in [-0.2, 0) is 11.3 Å². The van der Waals surface area contributed by atoms with E-state index in [-0.39, 0.29) is 5.91 Å². The highest BCUT2D eigenvalue weighted by Gasteiger charge is 2.03. The number of carbonyl (C=O) groups excluding carboxylic acids is 1. The van der Waals surface area contributed by atoms with E-state index >= 15 is 0 Å². The predicted octanol–water partition coefficient (Wildman–Crippen LogP) is 1.15. The van der Waals surface area contributed by atoms with Gasteiger partial charge in [-0.1, -0.05) is 26.0 Å². The van der Waals surface area contributed by atoms with E-state index in [4.69, 9.17) is 10.6 Å². The minimum Gasteiger partial charge on any atom is -0.375 e. The van der Waals surface area contributed by atoms with E-state index in [0.717, 1.165) is 25.2 Å². The Balaban J connectivity index is 2.32. The maximum atomic E-state index is 11.3. The molecule has 1 aromatic carbocycles. The molecule has 3 N–H and O–H groups in total. The van der Waals surface area contributed by atoms with Crippen molar-refractivity contribution >= 4 is 5.91 Å². The van der Waals surface area contributed by atoms with Crippen molar-refractivity contribution in [2.24, 2.45) is 5.84 Å². The summed E-state index contributed by atoms with van der Waals surface area (Å²) in [5.41, 5.74) is 3.70. The zero-order valence-electron chi connectivity index (χ0n) is 11.7.